The van der Waals surface area contributed by atoms with Gasteiger partial charge in [0.2, 0.25) is 11.7 Å². The standard InChI is InChI=1S/C20H24F2N4O3S/c1-12(27)24-13-4-5-23-17(10-13)29-19-14(2-3-15(21)18(19)22)16-11-30-20(25-16)26-6-8-28-9-7-26/h2-3,11,13,17,23H,4-10H2,1H3,(H,24,27). The molecule has 0 bridgehead atoms. The first-order chi connectivity index (χ1) is 14.5. The van der Waals surface area contributed by atoms with Gasteiger partial charge in [0, 0.05) is 50.0 Å². The zero-order valence-corrected chi connectivity index (χ0v) is 17.4. The summed E-state index contributed by atoms with van der Waals surface area (Å²) >= 11 is 1.45. The fourth-order valence-electron chi connectivity index (χ4n) is 3.67. The average molecular weight is 439 g/mol. The van der Waals surface area contributed by atoms with Gasteiger partial charge in [-0.2, -0.15) is 4.39 Å². The van der Waals surface area contributed by atoms with Crippen molar-refractivity contribution >= 4 is 22.4 Å². The molecule has 0 aliphatic carbocycles. The molecule has 2 unspecified atom stereocenters. The third-order valence-corrected chi connectivity index (χ3v) is 6.03. The van der Waals surface area contributed by atoms with E-state index in [1.54, 1.807) is 0 Å². The first-order valence-corrected chi connectivity index (χ1v) is 10.8. The number of anilines is 1. The lowest BCUT2D eigenvalue weighted by molar-refractivity contribution is -0.120. The molecule has 0 radical (unpaired) electrons. The molecule has 2 fully saturated rings. The number of thiazole rings is 1. The molecule has 1 amide bonds. The summed E-state index contributed by atoms with van der Waals surface area (Å²) in [6.45, 7) is 4.81. The summed E-state index contributed by atoms with van der Waals surface area (Å²) in [4.78, 5) is 18.1. The van der Waals surface area contributed by atoms with E-state index in [1.807, 2.05) is 5.38 Å². The van der Waals surface area contributed by atoms with E-state index in [1.165, 1.54) is 24.3 Å². The zero-order chi connectivity index (χ0) is 21.1. The molecule has 10 heteroatoms. The molecule has 4 rings (SSSR count). The summed E-state index contributed by atoms with van der Waals surface area (Å²) < 4.78 is 40.0. The van der Waals surface area contributed by atoms with Crippen LogP contribution in [0.25, 0.3) is 11.3 Å². The molecule has 0 saturated carbocycles. The van der Waals surface area contributed by atoms with E-state index in [9.17, 15) is 13.6 Å². The number of aromatic nitrogens is 1. The normalized spacial score (nSPS) is 22.0. The van der Waals surface area contributed by atoms with E-state index >= 15 is 0 Å². The van der Waals surface area contributed by atoms with Crippen LogP contribution in [0.3, 0.4) is 0 Å². The molecule has 2 aliphatic heterocycles. The van der Waals surface area contributed by atoms with Crippen molar-refractivity contribution in [3.05, 3.63) is 29.1 Å². The van der Waals surface area contributed by atoms with Gasteiger partial charge in [-0.1, -0.05) is 0 Å². The number of nitrogens with zero attached hydrogens (tertiary/aromatic N) is 2. The maximum absolute atomic E-state index is 14.7. The highest BCUT2D eigenvalue weighted by atomic mass is 32.1. The summed E-state index contributed by atoms with van der Waals surface area (Å²) in [5.74, 6) is -2.32. The van der Waals surface area contributed by atoms with E-state index < -0.39 is 17.9 Å². The Balaban J connectivity index is 1.57. The van der Waals surface area contributed by atoms with Crippen molar-refractivity contribution in [2.24, 2.45) is 0 Å². The highest BCUT2D eigenvalue weighted by Crippen LogP contribution is 2.37. The lowest BCUT2D eigenvalue weighted by Gasteiger charge is -2.31. The molecule has 2 aliphatic rings. The Labute approximate surface area is 177 Å². The van der Waals surface area contributed by atoms with Crippen LogP contribution in [0, 0.1) is 11.6 Å². The second kappa shape index (κ2) is 9.23. The summed E-state index contributed by atoms with van der Waals surface area (Å²) in [7, 11) is 0. The number of ether oxygens (including phenoxy) is 2. The first-order valence-electron chi connectivity index (χ1n) is 9.95. The van der Waals surface area contributed by atoms with Crippen LogP contribution in [-0.4, -0.2) is 56.0 Å². The zero-order valence-electron chi connectivity index (χ0n) is 16.6. The van der Waals surface area contributed by atoms with Crippen LogP contribution in [0.1, 0.15) is 19.8 Å². The molecular formula is C20H24F2N4O3S. The van der Waals surface area contributed by atoms with Gasteiger partial charge < -0.3 is 19.7 Å². The Hall–Kier alpha value is -2.30. The molecule has 162 valence electrons. The van der Waals surface area contributed by atoms with Crippen LogP contribution in [0.15, 0.2) is 17.5 Å². The quantitative estimate of drug-likeness (QED) is 0.747. The van der Waals surface area contributed by atoms with Crippen molar-refractivity contribution in [3.8, 4) is 17.0 Å². The minimum atomic E-state index is -1.04. The summed E-state index contributed by atoms with van der Waals surface area (Å²) in [6.07, 6.45) is 0.640. The van der Waals surface area contributed by atoms with Crippen molar-refractivity contribution in [1.82, 2.24) is 15.6 Å². The number of morpholine rings is 1. The Kier molecular flexibility index (Phi) is 6.45. The fourth-order valence-corrected chi connectivity index (χ4v) is 4.54. The Bertz CT molecular complexity index is 904. The number of hydrogen-bond donors (Lipinski definition) is 2. The lowest BCUT2D eigenvalue weighted by atomic mass is 10.0. The van der Waals surface area contributed by atoms with Gasteiger partial charge in [-0.25, -0.2) is 9.37 Å². The minimum absolute atomic E-state index is 0.0824. The van der Waals surface area contributed by atoms with Gasteiger partial charge in [-0.15, -0.1) is 11.3 Å². The first kappa shape index (κ1) is 21.0. The number of carbonyl (C=O) groups excluding carboxylic acids is 1. The number of carbonyl (C=O) groups is 1. The molecule has 2 aromatic rings. The Morgan fingerprint density at radius 1 is 1.37 bits per heavy atom. The Morgan fingerprint density at radius 2 is 2.17 bits per heavy atom. The van der Waals surface area contributed by atoms with E-state index in [0.717, 1.165) is 30.7 Å². The van der Waals surface area contributed by atoms with E-state index in [2.05, 4.69) is 20.5 Å². The van der Waals surface area contributed by atoms with Crippen LogP contribution in [-0.2, 0) is 9.53 Å². The molecule has 1 aromatic carbocycles. The fraction of sp³-hybridized carbons (Fsp3) is 0.500. The SMILES string of the molecule is CC(=O)NC1CCNC(Oc2c(-c3csc(N4CCOCC4)n3)ccc(F)c2F)C1. The van der Waals surface area contributed by atoms with Gasteiger partial charge in [0.05, 0.1) is 18.9 Å². The van der Waals surface area contributed by atoms with Gasteiger partial charge in [0.1, 0.15) is 0 Å². The summed E-state index contributed by atoms with van der Waals surface area (Å²) in [5.41, 5.74) is 0.928. The second-order valence-electron chi connectivity index (χ2n) is 7.34. The van der Waals surface area contributed by atoms with Gasteiger partial charge in [0.15, 0.2) is 22.9 Å². The number of rotatable bonds is 5. The third-order valence-electron chi connectivity index (χ3n) is 5.13. The maximum Gasteiger partial charge on any atom is 0.217 e. The predicted molar refractivity (Wildman–Crippen MR) is 110 cm³/mol. The van der Waals surface area contributed by atoms with E-state index in [0.29, 0.717) is 37.4 Å². The second-order valence-corrected chi connectivity index (χ2v) is 8.17. The van der Waals surface area contributed by atoms with Crippen LogP contribution in [0.4, 0.5) is 13.9 Å². The molecule has 2 saturated heterocycles. The monoisotopic (exact) mass is 438 g/mol. The number of halogens is 2. The largest absolute Gasteiger partial charge is 0.471 e. The van der Waals surface area contributed by atoms with Crippen molar-refractivity contribution < 1.29 is 23.0 Å². The highest BCUT2D eigenvalue weighted by Gasteiger charge is 2.27. The van der Waals surface area contributed by atoms with Gasteiger partial charge in [-0.3, -0.25) is 10.1 Å². The Morgan fingerprint density at radius 3 is 2.93 bits per heavy atom. The molecular weight excluding hydrogens is 414 g/mol. The molecule has 3 heterocycles. The topological polar surface area (TPSA) is 75.7 Å². The van der Waals surface area contributed by atoms with Crippen LogP contribution < -0.4 is 20.3 Å². The van der Waals surface area contributed by atoms with Crippen molar-refractivity contribution in [2.75, 3.05) is 37.7 Å². The van der Waals surface area contributed by atoms with Gasteiger partial charge in [0.25, 0.3) is 0 Å². The van der Waals surface area contributed by atoms with Crippen LogP contribution in [0.2, 0.25) is 0 Å². The number of nitrogens with one attached hydrogen (secondary N) is 2. The van der Waals surface area contributed by atoms with Gasteiger partial charge in [-0.05, 0) is 18.6 Å². The number of amides is 1. The average Bonchev–Trinajstić information content (AvgIpc) is 3.22. The van der Waals surface area contributed by atoms with Crippen molar-refractivity contribution in [1.29, 1.82) is 0 Å². The van der Waals surface area contributed by atoms with E-state index in [-0.39, 0.29) is 17.7 Å². The molecule has 2 N–H and O–H groups in total. The predicted octanol–water partition coefficient (Wildman–Crippen LogP) is 2.52. The smallest absolute Gasteiger partial charge is 0.217 e. The summed E-state index contributed by atoms with van der Waals surface area (Å²) in [5, 5.41) is 8.64. The molecule has 2 atom stereocenters. The number of piperidine rings is 1. The molecule has 30 heavy (non-hydrogen) atoms. The lowest BCUT2D eigenvalue weighted by Crippen LogP contribution is -2.49. The maximum atomic E-state index is 14.7. The van der Waals surface area contributed by atoms with Crippen LogP contribution >= 0.6 is 11.3 Å². The van der Waals surface area contributed by atoms with E-state index in [4.69, 9.17) is 9.47 Å². The minimum Gasteiger partial charge on any atom is -0.471 e. The highest BCUT2D eigenvalue weighted by molar-refractivity contribution is 7.14. The third kappa shape index (κ3) is 4.71. The molecule has 0 spiro atoms. The number of hydrogen-bond acceptors (Lipinski definition) is 7. The van der Waals surface area contributed by atoms with Crippen molar-refractivity contribution in [2.45, 2.75) is 32.0 Å². The number of benzene rings is 1. The molecule has 1 aromatic heterocycles. The van der Waals surface area contributed by atoms with Gasteiger partial charge >= 0.3 is 0 Å². The summed E-state index contributed by atoms with van der Waals surface area (Å²) in [6, 6.07) is 2.49. The van der Waals surface area contributed by atoms with Crippen molar-refractivity contribution in [3.63, 3.8) is 0 Å². The molecule has 7 nitrogen and oxygen atoms in total. The van der Waals surface area contributed by atoms with Crippen LogP contribution in [0.5, 0.6) is 5.75 Å².